The number of rotatable bonds is 5. The molecule has 1 heterocycles. The van der Waals surface area contributed by atoms with E-state index in [-0.39, 0.29) is 12.5 Å². The molecule has 122 valence electrons. The molecule has 0 saturated carbocycles. The number of aliphatic hydroxyl groups is 1. The van der Waals surface area contributed by atoms with E-state index in [1.54, 1.807) is 24.4 Å². The van der Waals surface area contributed by atoms with Gasteiger partial charge in [0.1, 0.15) is 11.4 Å². The van der Waals surface area contributed by atoms with Crippen molar-refractivity contribution < 1.29 is 14.6 Å². The number of anilines is 1. The second-order valence-corrected chi connectivity index (χ2v) is 5.25. The first-order chi connectivity index (χ1) is 11.7. The largest absolute Gasteiger partial charge is 0.494 e. The number of carbonyl (C=O) groups excluding carboxylic acids is 1. The highest BCUT2D eigenvalue weighted by Gasteiger charge is 2.13. The van der Waals surface area contributed by atoms with Crippen molar-refractivity contribution in [1.82, 2.24) is 4.98 Å². The van der Waals surface area contributed by atoms with Gasteiger partial charge in [0.25, 0.3) is 5.91 Å². The molecule has 0 atom stereocenters. The summed E-state index contributed by atoms with van der Waals surface area (Å²) in [5.74, 6) is 0.320. The van der Waals surface area contributed by atoms with Crippen LogP contribution in [0.5, 0.6) is 5.75 Å². The fourth-order valence-electron chi connectivity index (χ4n) is 2.57. The average Bonchev–Trinajstić information content (AvgIpc) is 2.62. The number of hydrogen-bond acceptors (Lipinski definition) is 4. The first-order valence-corrected chi connectivity index (χ1v) is 7.74. The van der Waals surface area contributed by atoms with Gasteiger partial charge in [-0.05, 0) is 36.6 Å². The van der Waals surface area contributed by atoms with E-state index in [2.05, 4.69) is 10.3 Å². The van der Waals surface area contributed by atoms with Crippen molar-refractivity contribution in [3.05, 3.63) is 66.0 Å². The quantitative estimate of drug-likeness (QED) is 0.755. The summed E-state index contributed by atoms with van der Waals surface area (Å²) in [6.45, 7) is 2.23. The maximum absolute atomic E-state index is 12.6. The van der Waals surface area contributed by atoms with Crippen molar-refractivity contribution in [3.8, 4) is 5.75 Å². The number of nitrogens with one attached hydrogen (secondary N) is 1. The summed E-state index contributed by atoms with van der Waals surface area (Å²) in [6.07, 6.45) is 1.62. The van der Waals surface area contributed by atoms with Crippen LogP contribution in [0.2, 0.25) is 0 Å². The molecule has 2 aromatic carbocycles. The fraction of sp³-hybridized carbons (Fsp3) is 0.158. The van der Waals surface area contributed by atoms with Gasteiger partial charge >= 0.3 is 0 Å². The fourth-order valence-corrected chi connectivity index (χ4v) is 2.57. The zero-order valence-corrected chi connectivity index (χ0v) is 13.3. The minimum Gasteiger partial charge on any atom is -0.494 e. The number of nitrogens with zero attached hydrogens (tertiary/aromatic N) is 1. The molecule has 0 unspecified atom stereocenters. The zero-order valence-electron chi connectivity index (χ0n) is 13.3. The van der Waals surface area contributed by atoms with E-state index in [0.29, 0.717) is 29.3 Å². The third kappa shape index (κ3) is 3.21. The molecule has 0 aliphatic carbocycles. The topological polar surface area (TPSA) is 71.5 Å². The van der Waals surface area contributed by atoms with Crippen LogP contribution in [0.3, 0.4) is 0 Å². The highest BCUT2D eigenvalue weighted by Crippen LogP contribution is 2.24. The number of benzene rings is 2. The van der Waals surface area contributed by atoms with Gasteiger partial charge in [-0.15, -0.1) is 0 Å². The van der Waals surface area contributed by atoms with Crippen LogP contribution in [0.15, 0.2) is 54.7 Å². The Bertz CT molecular complexity index is 872. The minimum atomic E-state index is -0.292. The van der Waals surface area contributed by atoms with E-state index in [1.807, 2.05) is 37.3 Å². The molecule has 5 nitrogen and oxygen atoms in total. The smallest absolute Gasteiger partial charge is 0.274 e. The molecule has 0 saturated heterocycles. The van der Waals surface area contributed by atoms with Crippen LogP contribution in [-0.4, -0.2) is 22.6 Å². The van der Waals surface area contributed by atoms with Gasteiger partial charge in [-0.2, -0.15) is 0 Å². The molecule has 24 heavy (non-hydrogen) atoms. The molecule has 1 aromatic heterocycles. The Morgan fingerprint density at radius 3 is 2.83 bits per heavy atom. The third-order valence-corrected chi connectivity index (χ3v) is 3.68. The van der Waals surface area contributed by atoms with Crippen molar-refractivity contribution in [2.75, 3.05) is 11.9 Å². The highest BCUT2D eigenvalue weighted by atomic mass is 16.5. The predicted molar refractivity (Wildman–Crippen MR) is 93.2 cm³/mol. The molecule has 1 amide bonds. The molecule has 0 aliphatic heterocycles. The summed E-state index contributed by atoms with van der Waals surface area (Å²) in [6, 6.07) is 14.7. The Hall–Kier alpha value is -2.92. The van der Waals surface area contributed by atoms with Gasteiger partial charge in [-0.1, -0.05) is 24.3 Å². The second-order valence-electron chi connectivity index (χ2n) is 5.25. The first kappa shape index (κ1) is 16.0. The molecule has 2 N–H and O–H groups in total. The molecule has 5 heteroatoms. The number of hydrogen-bond donors (Lipinski definition) is 2. The highest BCUT2D eigenvalue weighted by molar-refractivity contribution is 6.11. The molecule has 3 rings (SSSR count). The standard InChI is InChI=1S/C19H18N2O3/c1-2-24-17-8-7-15(11-14(17)12-22)21-19(23)18-16-6-4-3-5-13(16)9-10-20-18/h3-11,22H,2,12H2,1H3,(H,21,23). The first-order valence-electron chi connectivity index (χ1n) is 7.74. The van der Waals surface area contributed by atoms with Gasteiger partial charge in [0.2, 0.25) is 0 Å². The lowest BCUT2D eigenvalue weighted by Gasteiger charge is -2.12. The Balaban J connectivity index is 1.89. The lowest BCUT2D eigenvalue weighted by molar-refractivity contribution is 0.102. The summed E-state index contributed by atoms with van der Waals surface area (Å²) in [5.41, 5.74) is 1.58. The lowest BCUT2D eigenvalue weighted by atomic mass is 10.1. The number of ether oxygens (including phenoxy) is 1. The monoisotopic (exact) mass is 322 g/mol. The van der Waals surface area contributed by atoms with E-state index in [1.165, 1.54) is 0 Å². The molecule has 0 spiro atoms. The lowest BCUT2D eigenvalue weighted by Crippen LogP contribution is -2.14. The van der Waals surface area contributed by atoms with Crippen LogP contribution in [0.1, 0.15) is 23.0 Å². The normalized spacial score (nSPS) is 10.6. The molecule has 3 aromatic rings. The van der Waals surface area contributed by atoms with Crippen LogP contribution >= 0.6 is 0 Å². The summed E-state index contributed by atoms with van der Waals surface area (Å²) < 4.78 is 5.45. The number of aromatic nitrogens is 1. The Morgan fingerprint density at radius 1 is 1.21 bits per heavy atom. The van der Waals surface area contributed by atoms with E-state index >= 15 is 0 Å². The van der Waals surface area contributed by atoms with E-state index < -0.39 is 0 Å². The van der Waals surface area contributed by atoms with E-state index in [9.17, 15) is 9.90 Å². The Kier molecular flexibility index (Phi) is 4.72. The van der Waals surface area contributed by atoms with Gasteiger partial charge in [0.05, 0.1) is 13.2 Å². The second kappa shape index (κ2) is 7.10. The number of pyridine rings is 1. The van der Waals surface area contributed by atoms with Gasteiger partial charge in [0, 0.05) is 22.8 Å². The minimum absolute atomic E-state index is 0.161. The molecule has 0 fully saturated rings. The summed E-state index contributed by atoms with van der Waals surface area (Å²) in [7, 11) is 0. The maximum Gasteiger partial charge on any atom is 0.274 e. The number of fused-ring (bicyclic) bond motifs is 1. The van der Waals surface area contributed by atoms with Crippen LogP contribution in [0.4, 0.5) is 5.69 Å². The van der Waals surface area contributed by atoms with Crippen molar-refractivity contribution in [3.63, 3.8) is 0 Å². The van der Waals surface area contributed by atoms with Crippen molar-refractivity contribution >= 4 is 22.4 Å². The summed E-state index contributed by atoms with van der Waals surface area (Å²) in [4.78, 5) is 16.8. The molecular formula is C19H18N2O3. The van der Waals surface area contributed by atoms with Gasteiger partial charge in [-0.3, -0.25) is 9.78 Å². The van der Waals surface area contributed by atoms with Crippen molar-refractivity contribution in [2.24, 2.45) is 0 Å². The van der Waals surface area contributed by atoms with Crippen LogP contribution in [0.25, 0.3) is 10.8 Å². The van der Waals surface area contributed by atoms with Crippen LogP contribution in [-0.2, 0) is 6.61 Å². The summed E-state index contributed by atoms with van der Waals surface area (Å²) in [5, 5.41) is 14.0. The Morgan fingerprint density at radius 2 is 2.04 bits per heavy atom. The zero-order chi connectivity index (χ0) is 16.9. The summed E-state index contributed by atoms with van der Waals surface area (Å²) >= 11 is 0. The molecular weight excluding hydrogens is 304 g/mol. The number of aliphatic hydroxyl groups excluding tert-OH is 1. The van der Waals surface area contributed by atoms with Gasteiger partial charge < -0.3 is 15.2 Å². The van der Waals surface area contributed by atoms with Crippen LogP contribution in [0, 0.1) is 0 Å². The van der Waals surface area contributed by atoms with Gasteiger partial charge in [-0.25, -0.2) is 0 Å². The van der Waals surface area contributed by atoms with E-state index in [0.717, 1.165) is 10.8 Å². The number of amides is 1. The molecule has 0 radical (unpaired) electrons. The third-order valence-electron chi connectivity index (χ3n) is 3.68. The maximum atomic E-state index is 12.6. The molecule has 0 bridgehead atoms. The van der Waals surface area contributed by atoms with Gasteiger partial charge in [0.15, 0.2) is 0 Å². The predicted octanol–water partition coefficient (Wildman–Crippen LogP) is 3.38. The van der Waals surface area contributed by atoms with Crippen molar-refractivity contribution in [2.45, 2.75) is 13.5 Å². The van der Waals surface area contributed by atoms with Crippen molar-refractivity contribution in [1.29, 1.82) is 0 Å². The molecule has 0 aliphatic rings. The van der Waals surface area contributed by atoms with Crippen LogP contribution < -0.4 is 10.1 Å². The Labute approximate surface area is 139 Å². The van der Waals surface area contributed by atoms with E-state index in [4.69, 9.17) is 4.74 Å². The number of carbonyl (C=O) groups is 1. The average molecular weight is 322 g/mol. The SMILES string of the molecule is CCOc1ccc(NC(=O)c2nccc3ccccc23)cc1CO.